The number of hydrogen-bond donors (Lipinski definition) is 1. The van der Waals surface area contributed by atoms with E-state index in [9.17, 15) is 0 Å². The molecule has 3 rings (SSSR count). The lowest BCUT2D eigenvalue weighted by Crippen LogP contribution is -1.83. The molecule has 18 heavy (non-hydrogen) atoms. The normalized spacial score (nSPS) is 11.0. The van der Waals surface area contributed by atoms with Crippen LogP contribution in [0.5, 0.6) is 0 Å². The molecule has 0 saturated heterocycles. The lowest BCUT2D eigenvalue weighted by Gasteiger charge is -2.03. The number of nitrogen functional groups attached to an aromatic ring is 1. The molecule has 0 spiro atoms. The first-order valence-electron chi connectivity index (χ1n) is 5.57. The van der Waals surface area contributed by atoms with Gasteiger partial charge in [0.15, 0.2) is 0 Å². The van der Waals surface area contributed by atoms with Crippen molar-refractivity contribution in [1.82, 2.24) is 4.98 Å². The van der Waals surface area contributed by atoms with Crippen molar-refractivity contribution in [2.24, 2.45) is 0 Å². The SMILES string of the molecule is Cc1c(Cl)cccc1-c1nc2ccc(N)cc2s1. The first kappa shape index (κ1) is 11.5. The van der Waals surface area contributed by atoms with E-state index in [1.807, 2.05) is 43.3 Å². The van der Waals surface area contributed by atoms with Crippen LogP contribution in [0.2, 0.25) is 5.02 Å². The Bertz CT molecular complexity index is 734. The summed E-state index contributed by atoms with van der Waals surface area (Å²) in [6, 6.07) is 11.7. The number of fused-ring (bicyclic) bond motifs is 1. The Morgan fingerprint density at radius 3 is 2.89 bits per heavy atom. The van der Waals surface area contributed by atoms with Gasteiger partial charge in [0, 0.05) is 16.3 Å². The van der Waals surface area contributed by atoms with Gasteiger partial charge in [-0.25, -0.2) is 4.98 Å². The zero-order valence-electron chi connectivity index (χ0n) is 9.77. The molecule has 0 aliphatic carbocycles. The molecule has 0 bridgehead atoms. The number of anilines is 1. The summed E-state index contributed by atoms with van der Waals surface area (Å²) in [7, 11) is 0. The van der Waals surface area contributed by atoms with Crippen molar-refractivity contribution in [2.45, 2.75) is 6.92 Å². The third-order valence-electron chi connectivity index (χ3n) is 2.91. The number of halogens is 1. The summed E-state index contributed by atoms with van der Waals surface area (Å²) in [5, 5.41) is 1.75. The van der Waals surface area contributed by atoms with Crippen LogP contribution in [0.15, 0.2) is 36.4 Å². The van der Waals surface area contributed by atoms with Crippen molar-refractivity contribution in [3.8, 4) is 10.6 Å². The summed E-state index contributed by atoms with van der Waals surface area (Å²) in [6.07, 6.45) is 0. The Labute approximate surface area is 114 Å². The number of rotatable bonds is 1. The molecule has 0 radical (unpaired) electrons. The Morgan fingerprint density at radius 1 is 1.22 bits per heavy atom. The third kappa shape index (κ3) is 1.85. The smallest absolute Gasteiger partial charge is 0.124 e. The van der Waals surface area contributed by atoms with E-state index in [0.717, 1.165) is 37.1 Å². The molecule has 0 unspecified atom stereocenters. The zero-order chi connectivity index (χ0) is 12.7. The highest BCUT2D eigenvalue weighted by molar-refractivity contribution is 7.21. The minimum absolute atomic E-state index is 0.764. The molecule has 1 heterocycles. The first-order valence-corrected chi connectivity index (χ1v) is 6.76. The lowest BCUT2D eigenvalue weighted by molar-refractivity contribution is 1.41. The molecule has 90 valence electrons. The molecule has 0 atom stereocenters. The molecular weight excluding hydrogens is 264 g/mol. The zero-order valence-corrected chi connectivity index (χ0v) is 11.3. The van der Waals surface area contributed by atoms with Crippen LogP contribution in [0, 0.1) is 6.92 Å². The van der Waals surface area contributed by atoms with Crippen LogP contribution < -0.4 is 5.73 Å². The van der Waals surface area contributed by atoms with Gasteiger partial charge in [0.25, 0.3) is 0 Å². The van der Waals surface area contributed by atoms with Crippen LogP contribution in [0.4, 0.5) is 5.69 Å². The molecule has 2 N–H and O–H groups in total. The van der Waals surface area contributed by atoms with Crippen molar-refractivity contribution < 1.29 is 0 Å². The highest BCUT2D eigenvalue weighted by Gasteiger charge is 2.10. The predicted molar refractivity (Wildman–Crippen MR) is 79.2 cm³/mol. The Hall–Kier alpha value is -1.58. The highest BCUT2D eigenvalue weighted by atomic mass is 35.5. The summed E-state index contributed by atoms with van der Waals surface area (Å²) in [4.78, 5) is 4.63. The summed E-state index contributed by atoms with van der Waals surface area (Å²) in [5.74, 6) is 0. The standard InChI is InChI=1S/C14H11ClN2S/c1-8-10(3-2-4-11(8)15)14-17-12-6-5-9(16)7-13(12)18-14/h2-7H,16H2,1H3. The van der Waals surface area contributed by atoms with E-state index in [4.69, 9.17) is 17.3 Å². The van der Waals surface area contributed by atoms with E-state index < -0.39 is 0 Å². The summed E-state index contributed by atoms with van der Waals surface area (Å²) in [6.45, 7) is 2.01. The van der Waals surface area contributed by atoms with E-state index >= 15 is 0 Å². The predicted octanol–water partition coefficient (Wildman–Crippen LogP) is 4.51. The fourth-order valence-electron chi connectivity index (χ4n) is 1.90. The molecule has 1 aromatic heterocycles. The number of nitrogens with zero attached hydrogens (tertiary/aromatic N) is 1. The van der Waals surface area contributed by atoms with Crippen molar-refractivity contribution >= 4 is 38.8 Å². The van der Waals surface area contributed by atoms with E-state index in [2.05, 4.69) is 4.98 Å². The largest absolute Gasteiger partial charge is 0.399 e. The fourth-order valence-corrected chi connectivity index (χ4v) is 3.17. The molecule has 2 aromatic carbocycles. The van der Waals surface area contributed by atoms with Crippen LogP contribution in [0.3, 0.4) is 0 Å². The summed E-state index contributed by atoms with van der Waals surface area (Å²) >= 11 is 7.78. The molecule has 0 amide bonds. The number of thiazole rings is 1. The molecule has 0 fully saturated rings. The van der Waals surface area contributed by atoms with Gasteiger partial charge in [0.05, 0.1) is 10.2 Å². The lowest BCUT2D eigenvalue weighted by atomic mass is 10.1. The number of hydrogen-bond acceptors (Lipinski definition) is 3. The maximum Gasteiger partial charge on any atom is 0.124 e. The van der Waals surface area contributed by atoms with Crippen LogP contribution in [0.1, 0.15) is 5.56 Å². The number of nitrogens with two attached hydrogens (primary N) is 1. The van der Waals surface area contributed by atoms with E-state index in [1.165, 1.54) is 0 Å². The topological polar surface area (TPSA) is 38.9 Å². The molecule has 0 aliphatic rings. The van der Waals surface area contributed by atoms with Gasteiger partial charge < -0.3 is 5.73 Å². The maximum atomic E-state index is 6.14. The van der Waals surface area contributed by atoms with Crippen LogP contribution in [-0.2, 0) is 0 Å². The third-order valence-corrected chi connectivity index (χ3v) is 4.37. The Kier molecular flexibility index (Phi) is 2.73. The van der Waals surface area contributed by atoms with Gasteiger partial charge in [0.2, 0.25) is 0 Å². The highest BCUT2D eigenvalue weighted by Crippen LogP contribution is 2.34. The van der Waals surface area contributed by atoms with E-state index in [1.54, 1.807) is 11.3 Å². The van der Waals surface area contributed by atoms with Gasteiger partial charge in [-0.15, -0.1) is 11.3 Å². The molecule has 0 saturated carbocycles. The maximum absolute atomic E-state index is 6.14. The number of aromatic nitrogens is 1. The van der Waals surface area contributed by atoms with E-state index in [-0.39, 0.29) is 0 Å². The minimum Gasteiger partial charge on any atom is -0.399 e. The average molecular weight is 275 g/mol. The first-order chi connectivity index (χ1) is 8.65. The minimum atomic E-state index is 0.764. The number of benzene rings is 2. The fraction of sp³-hybridized carbons (Fsp3) is 0.0714. The molecule has 2 nitrogen and oxygen atoms in total. The van der Waals surface area contributed by atoms with Gasteiger partial charge in [-0.2, -0.15) is 0 Å². The van der Waals surface area contributed by atoms with Gasteiger partial charge in [-0.1, -0.05) is 23.7 Å². The van der Waals surface area contributed by atoms with E-state index in [0.29, 0.717) is 0 Å². The summed E-state index contributed by atoms with van der Waals surface area (Å²) < 4.78 is 1.10. The molecule has 4 heteroatoms. The van der Waals surface area contributed by atoms with Crippen LogP contribution >= 0.6 is 22.9 Å². The van der Waals surface area contributed by atoms with Crippen LogP contribution in [0.25, 0.3) is 20.8 Å². The van der Waals surface area contributed by atoms with Crippen molar-refractivity contribution in [1.29, 1.82) is 0 Å². The molecule has 0 aliphatic heterocycles. The second-order valence-electron chi connectivity index (χ2n) is 4.16. The quantitative estimate of drug-likeness (QED) is 0.663. The molecular formula is C14H11ClN2S. The van der Waals surface area contributed by atoms with Gasteiger partial charge in [-0.3, -0.25) is 0 Å². The Balaban J connectivity index is 2.22. The van der Waals surface area contributed by atoms with Crippen LogP contribution in [-0.4, -0.2) is 4.98 Å². The van der Waals surface area contributed by atoms with Gasteiger partial charge >= 0.3 is 0 Å². The van der Waals surface area contributed by atoms with Crippen molar-refractivity contribution in [3.05, 3.63) is 47.0 Å². The Morgan fingerprint density at radius 2 is 2.06 bits per heavy atom. The van der Waals surface area contributed by atoms with Gasteiger partial charge in [-0.05, 0) is 36.8 Å². The van der Waals surface area contributed by atoms with Gasteiger partial charge in [0.1, 0.15) is 5.01 Å². The second kappa shape index (κ2) is 4.26. The average Bonchev–Trinajstić information content (AvgIpc) is 2.75. The monoisotopic (exact) mass is 274 g/mol. The summed E-state index contributed by atoms with van der Waals surface area (Å²) in [5.41, 5.74) is 9.67. The van der Waals surface area contributed by atoms with Crippen molar-refractivity contribution in [3.63, 3.8) is 0 Å². The second-order valence-corrected chi connectivity index (χ2v) is 5.60. The van der Waals surface area contributed by atoms with Crippen molar-refractivity contribution in [2.75, 3.05) is 5.73 Å². The molecule has 3 aromatic rings.